The first-order chi connectivity index (χ1) is 4.75. The van der Waals surface area contributed by atoms with Crippen LogP contribution in [0.3, 0.4) is 0 Å². The second-order valence-electron chi connectivity index (χ2n) is 2.17. The van der Waals surface area contributed by atoms with Crippen LogP contribution in [0.15, 0.2) is 18.2 Å². The molecule has 0 N–H and O–H groups in total. The van der Waals surface area contributed by atoms with Crippen LogP contribution in [0.2, 0.25) is 0 Å². The standard InChI is InChI=1S/C8H8BrI/c1-6-3-2-4-8(10)7(6)5-9/h2-4H,5H2,1H3. The average molecular weight is 311 g/mol. The van der Waals surface area contributed by atoms with E-state index in [-0.39, 0.29) is 0 Å². The lowest BCUT2D eigenvalue weighted by Gasteiger charge is -2.02. The van der Waals surface area contributed by atoms with Crippen molar-refractivity contribution in [1.29, 1.82) is 0 Å². The van der Waals surface area contributed by atoms with Gasteiger partial charge in [-0.05, 0) is 46.7 Å². The molecule has 0 fully saturated rings. The van der Waals surface area contributed by atoms with Crippen molar-refractivity contribution in [2.24, 2.45) is 0 Å². The van der Waals surface area contributed by atoms with Gasteiger partial charge in [0, 0.05) is 8.90 Å². The Morgan fingerprint density at radius 1 is 1.50 bits per heavy atom. The fourth-order valence-electron chi connectivity index (χ4n) is 0.836. The first-order valence-corrected chi connectivity index (χ1v) is 5.25. The van der Waals surface area contributed by atoms with E-state index in [1.807, 2.05) is 0 Å². The Hall–Kier alpha value is 0.430. The molecule has 0 aliphatic carbocycles. The van der Waals surface area contributed by atoms with E-state index in [1.54, 1.807) is 0 Å². The molecule has 0 heterocycles. The molecule has 0 unspecified atom stereocenters. The molecule has 0 amide bonds. The van der Waals surface area contributed by atoms with E-state index in [4.69, 9.17) is 0 Å². The minimum atomic E-state index is 0.956. The van der Waals surface area contributed by atoms with E-state index in [1.165, 1.54) is 14.7 Å². The van der Waals surface area contributed by atoms with E-state index in [0.717, 1.165) is 5.33 Å². The van der Waals surface area contributed by atoms with Crippen molar-refractivity contribution in [3.63, 3.8) is 0 Å². The second-order valence-corrected chi connectivity index (χ2v) is 3.89. The van der Waals surface area contributed by atoms with Crippen LogP contribution in [0.4, 0.5) is 0 Å². The number of halogens is 2. The lowest BCUT2D eigenvalue weighted by Crippen LogP contribution is -1.87. The molecule has 0 saturated carbocycles. The van der Waals surface area contributed by atoms with Crippen molar-refractivity contribution in [3.8, 4) is 0 Å². The van der Waals surface area contributed by atoms with Crippen LogP contribution in [-0.2, 0) is 5.33 Å². The monoisotopic (exact) mass is 310 g/mol. The van der Waals surface area contributed by atoms with Crippen molar-refractivity contribution in [3.05, 3.63) is 32.9 Å². The third-order valence-corrected chi connectivity index (χ3v) is 3.06. The molecule has 1 aromatic rings. The van der Waals surface area contributed by atoms with Crippen LogP contribution in [-0.4, -0.2) is 0 Å². The van der Waals surface area contributed by atoms with Gasteiger partial charge in [-0.15, -0.1) is 0 Å². The Bertz CT molecular complexity index is 212. The highest BCUT2D eigenvalue weighted by atomic mass is 127. The van der Waals surface area contributed by atoms with Gasteiger partial charge in [0.25, 0.3) is 0 Å². The van der Waals surface area contributed by atoms with Crippen molar-refractivity contribution >= 4 is 38.5 Å². The second kappa shape index (κ2) is 3.72. The van der Waals surface area contributed by atoms with E-state index < -0.39 is 0 Å². The van der Waals surface area contributed by atoms with E-state index in [0.29, 0.717) is 0 Å². The zero-order valence-electron chi connectivity index (χ0n) is 5.70. The highest BCUT2D eigenvalue weighted by molar-refractivity contribution is 14.1. The maximum atomic E-state index is 3.45. The Morgan fingerprint density at radius 3 is 2.60 bits per heavy atom. The molecule has 1 aromatic carbocycles. The smallest absolute Gasteiger partial charge is 0.0296 e. The maximum Gasteiger partial charge on any atom is 0.0296 e. The minimum absolute atomic E-state index is 0.956. The largest absolute Gasteiger partial charge is 0.0876 e. The van der Waals surface area contributed by atoms with Gasteiger partial charge in [0.2, 0.25) is 0 Å². The summed E-state index contributed by atoms with van der Waals surface area (Å²) in [6, 6.07) is 6.35. The van der Waals surface area contributed by atoms with Crippen LogP contribution in [0.5, 0.6) is 0 Å². The maximum absolute atomic E-state index is 3.45. The molecule has 10 heavy (non-hydrogen) atoms. The summed E-state index contributed by atoms with van der Waals surface area (Å²) >= 11 is 5.81. The summed E-state index contributed by atoms with van der Waals surface area (Å²) < 4.78 is 1.34. The van der Waals surface area contributed by atoms with Gasteiger partial charge >= 0.3 is 0 Å². The van der Waals surface area contributed by atoms with Crippen molar-refractivity contribution in [1.82, 2.24) is 0 Å². The van der Waals surface area contributed by atoms with Gasteiger partial charge in [0.1, 0.15) is 0 Å². The van der Waals surface area contributed by atoms with Gasteiger partial charge in [-0.1, -0.05) is 28.1 Å². The summed E-state index contributed by atoms with van der Waals surface area (Å²) in [5.74, 6) is 0. The predicted octanol–water partition coefficient (Wildman–Crippen LogP) is 3.49. The summed E-state index contributed by atoms with van der Waals surface area (Å²) in [5, 5.41) is 0.956. The van der Waals surface area contributed by atoms with Crippen molar-refractivity contribution < 1.29 is 0 Å². The van der Waals surface area contributed by atoms with Crippen LogP contribution in [0, 0.1) is 10.5 Å². The molecule has 54 valence electrons. The van der Waals surface area contributed by atoms with E-state index in [2.05, 4.69) is 63.6 Å². The van der Waals surface area contributed by atoms with Gasteiger partial charge in [-0.2, -0.15) is 0 Å². The predicted molar refractivity (Wildman–Crippen MR) is 56.5 cm³/mol. The third kappa shape index (κ3) is 1.72. The topological polar surface area (TPSA) is 0 Å². The Labute approximate surface area is 83.3 Å². The summed E-state index contributed by atoms with van der Waals surface area (Å²) in [5.41, 5.74) is 2.77. The van der Waals surface area contributed by atoms with Crippen LogP contribution in [0.1, 0.15) is 11.1 Å². The molecular weight excluding hydrogens is 303 g/mol. The molecule has 0 spiro atoms. The quantitative estimate of drug-likeness (QED) is 0.550. The lowest BCUT2D eigenvalue weighted by atomic mass is 10.1. The zero-order chi connectivity index (χ0) is 7.56. The Balaban J connectivity index is 3.17. The first kappa shape index (κ1) is 8.53. The molecule has 0 aromatic heterocycles. The summed E-state index contributed by atoms with van der Waals surface area (Å²) in [6.07, 6.45) is 0. The summed E-state index contributed by atoms with van der Waals surface area (Å²) in [4.78, 5) is 0. The number of alkyl halides is 1. The normalized spacial score (nSPS) is 9.90. The zero-order valence-corrected chi connectivity index (χ0v) is 9.44. The fourth-order valence-corrected chi connectivity index (χ4v) is 2.93. The number of aryl methyl sites for hydroxylation is 1. The highest BCUT2D eigenvalue weighted by Gasteiger charge is 1.98. The molecule has 2 heteroatoms. The van der Waals surface area contributed by atoms with E-state index in [9.17, 15) is 0 Å². The van der Waals surface area contributed by atoms with Crippen LogP contribution < -0.4 is 0 Å². The average Bonchev–Trinajstić information content (AvgIpc) is 1.88. The molecule has 0 aliphatic heterocycles. The van der Waals surface area contributed by atoms with Crippen molar-refractivity contribution in [2.45, 2.75) is 12.3 Å². The van der Waals surface area contributed by atoms with Gasteiger partial charge in [0.05, 0.1) is 0 Å². The highest BCUT2D eigenvalue weighted by Crippen LogP contribution is 2.18. The lowest BCUT2D eigenvalue weighted by molar-refractivity contribution is 1.29. The molecule has 0 atom stereocenters. The minimum Gasteiger partial charge on any atom is -0.0876 e. The Morgan fingerprint density at radius 2 is 2.20 bits per heavy atom. The summed E-state index contributed by atoms with van der Waals surface area (Å²) in [6.45, 7) is 2.14. The number of benzene rings is 1. The van der Waals surface area contributed by atoms with Crippen LogP contribution >= 0.6 is 38.5 Å². The molecule has 0 saturated heterocycles. The van der Waals surface area contributed by atoms with Crippen LogP contribution in [0.25, 0.3) is 0 Å². The molecule has 1 rings (SSSR count). The third-order valence-electron chi connectivity index (χ3n) is 1.49. The van der Waals surface area contributed by atoms with Gasteiger partial charge in [-0.3, -0.25) is 0 Å². The Kier molecular flexibility index (Phi) is 3.17. The van der Waals surface area contributed by atoms with Gasteiger partial charge in [-0.25, -0.2) is 0 Å². The number of hydrogen-bond acceptors (Lipinski definition) is 0. The fraction of sp³-hybridized carbons (Fsp3) is 0.250. The van der Waals surface area contributed by atoms with E-state index >= 15 is 0 Å². The molecule has 0 aliphatic rings. The molecular formula is C8H8BrI. The van der Waals surface area contributed by atoms with Crippen molar-refractivity contribution in [2.75, 3.05) is 0 Å². The number of hydrogen-bond donors (Lipinski definition) is 0. The number of rotatable bonds is 1. The molecule has 0 bridgehead atoms. The van der Waals surface area contributed by atoms with Gasteiger partial charge < -0.3 is 0 Å². The first-order valence-electron chi connectivity index (χ1n) is 3.05. The summed E-state index contributed by atoms with van der Waals surface area (Å²) in [7, 11) is 0. The molecule has 0 radical (unpaired) electrons. The molecule has 0 nitrogen and oxygen atoms in total. The SMILES string of the molecule is Cc1cccc(I)c1CBr. The van der Waals surface area contributed by atoms with Gasteiger partial charge in [0.15, 0.2) is 0 Å².